The molecule has 0 aromatic heterocycles. The number of hydrogen-bond donors (Lipinski definition) is 1. The second-order valence-electron chi connectivity index (χ2n) is 4.83. The van der Waals surface area contributed by atoms with Crippen molar-refractivity contribution < 1.29 is 33.4 Å². The molecular weight excluding hydrogens is 282 g/mol. The summed E-state index contributed by atoms with van der Waals surface area (Å²) in [6, 6.07) is 0. The van der Waals surface area contributed by atoms with Gasteiger partial charge in [-0.1, -0.05) is 0 Å². The van der Waals surface area contributed by atoms with E-state index in [4.69, 9.17) is 4.74 Å². The van der Waals surface area contributed by atoms with Gasteiger partial charge in [0.05, 0.1) is 7.11 Å². The van der Waals surface area contributed by atoms with Gasteiger partial charge in [-0.15, -0.1) is 0 Å². The molecule has 8 nitrogen and oxygen atoms in total. The minimum absolute atomic E-state index is 0.328. The topological polar surface area (TPSA) is 108 Å². The van der Waals surface area contributed by atoms with Crippen LogP contribution in [-0.2, 0) is 33.4 Å². The SMILES string of the molecule is COC(=O)C=CC(=O)OCC(=O)NCC(=O)OC(C)(C)C. The Morgan fingerprint density at radius 3 is 2.14 bits per heavy atom. The van der Waals surface area contributed by atoms with E-state index in [1.165, 1.54) is 0 Å². The van der Waals surface area contributed by atoms with Crippen molar-refractivity contribution in [3.8, 4) is 0 Å². The van der Waals surface area contributed by atoms with Gasteiger partial charge >= 0.3 is 17.9 Å². The molecule has 0 radical (unpaired) electrons. The molecule has 0 saturated heterocycles. The monoisotopic (exact) mass is 301 g/mol. The van der Waals surface area contributed by atoms with E-state index in [-0.39, 0.29) is 6.54 Å². The average Bonchev–Trinajstić information content (AvgIpc) is 2.38. The van der Waals surface area contributed by atoms with Gasteiger partial charge in [-0.2, -0.15) is 0 Å². The molecule has 1 N–H and O–H groups in total. The molecule has 0 atom stereocenters. The molecular formula is C13H19NO7. The van der Waals surface area contributed by atoms with Crippen molar-refractivity contribution >= 4 is 23.8 Å². The predicted octanol–water partition coefficient (Wildman–Crippen LogP) is -0.283. The summed E-state index contributed by atoms with van der Waals surface area (Å²) >= 11 is 0. The zero-order valence-electron chi connectivity index (χ0n) is 12.4. The van der Waals surface area contributed by atoms with Gasteiger partial charge in [0.1, 0.15) is 12.1 Å². The molecule has 0 saturated carbocycles. The zero-order chi connectivity index (χ0) is 16.5. The first-order valence-corrected chi connectivity index (χ1v) is 6.05. The highest BCUT2D eigenvalue weighted by molar-refractivity contribution is 5.92. The van der Waals surface area contributed by atoms with E-state index in [2.05, 4.69) is 14.8 Å². The van der Waals surface area contributed by atoms with Crippen LogP contribution in [0.2, 0.25) is 0 Å². The van der Waals surface area contributed by atoms with Crippen LogP contribution in [0.4, 0.5) is 0 Å². The largest absolute Gasteiger partial charge is 0.466 e. The fourth-order valence-electron chi connectivity index (χ4n) is 0.988. The number of methoxy groups -OCH3 is 1. The van der Waals surface area contributed by atoms with Crippen LogP contribution < -0.4 is 5.32 Å². The molecule has 1 amide bonds. The number of nitrogens with one attached hydrogen (secondary N) is 1. The standard InChI is InChI=1S/C13H19NO7/c1-13(2,3)21-12(18)7-14-9(15)8-20-11(17)6-5-10(16)19-4/h5-6H,7-8H2,1-4H3,(H,14,15). The molecule has 0 rings (SSSR count). The van der Waals surface area contributed by atoms with Gasteiger partial charge in [-0.25, -0.2) is 9.59 Å². The second kappa shape index (κ2) is 8.72. The molecule has 0 unspecified atom stereocenters. The molecule has 0 spiro atoms. The molecule has 0 aromatic carbocycles. The summed E-state index contributed by atoms with van der Waals surface area (Å²) in [5, 5.41) is 2.23. The number of rotatable bonds is 6. The lowest BCUT2D eigenvalue weighted by Gasteiger charge is -2.19. The lowest BCUT2D eigenvalue weighted by Crippen LogP contribution is -2.36. The van der Waals surface area contributed by atoms with Crippen LogP contribution in [0.3, 0.4) is 0 Å². The van der Waals surface area contributed by atoms with Crippen molar-refractivity contribution in [2.75, 3.05) is 20.3 Å². The van der Waals surface area contributed by atoms with Crippen LogP contribution >= 0.6 is 0 Å². The number of carbonyl (C=O) groups excluding carboxylic acids is 4. The molecule has 118 valence electrons. The van der Waals surface area contributed by atoms with Gasteiger partial charge in [-0.05, 0) is 20.8 Å². The fraction of sp³-hybridized carbons (Fsp3) is 0.538. The Balaban J connectivity index is 3.96. The molecule has 0 bridgehead atoms. The third-order valence-corrected chi connectivity index (χ3v) is 1.75. The smallest absolute Gasteiger partial charge is 0.331 e. The third kappa shape index (κ3) is 11.2. The molecule has 8 heteroatoms. The maximum absolute atomic E-state index is 11.3. The molecule has 0 aliphatic rings. The quantitative estimate of drug-likeness (QED) is 0.408. The number of ether oxygens (including phenoxy) is 3. The minimum atomic E-state index is -0.882. The van der Waals surface area contributed by atoms with E-state index >= 15 is 0 Å². The third-order valence-electron chi connectivity index (χ3n) is 1.75. The van der Waals surface area contributed by atoms with Crippen molar-refractivity contribution in [2.24, 2.45) is 0 Å². The lowest BCUT2D eigenvalue weighted by atomic mass is 10.2. The maximum atomic E-state index is 11.3. The average molecular weight is 301 g/mol. The highest BCUT2D eigenvalue weighted by Gasteiger charge is 2.16. The number of hydrogen-bond acceptors (Lipinski definition) is 7. The summed E-state index contributed by atoms with van der Waals surface area (Å²) in [6.45, 7) is 4.19. The van der Waals surface area contributed by atoms with Crippen molar-refractivity contribution in [3.05, 3.63) is 12.2 Å². The first kappa shape index (κ1) is 18.6. The molecule has 0 heterocycles. The summed E-state index contributed by atoms with van der Waals surface area (Å²) in [5.74, 6) is -2.87. The van der Waals surface area contributed by atoms with Crippen LogP contribution in [0, 0.1) is 0 Å². The van der Waals surface area contributed by atoms with E-state index in [1.54, 1.807) is 20.8 Å². The van der Waals surface area contributed by atoms with Crippen LogP contribution in [0.25, 0.3) is 0 Å². The van der Waals surface area contributed by atoms with Crippen LogP contribution in [-0.4, -0.2) is 49.7 Å². The zero-order valence-corrected chi connectivity index (χ0v) is 12.4. The van der Waals surface area contributed by atoms with Gasteiger partial charge in [0.15, 0.2) is 6.61 Å². The Kier molecular flexibility index (Phi) is 7.74. The van der Waals surface area contributed by atoms with Crippen molar-refractivity contribution in [1.29, 1.82) is 0 Å². The molecule has 0 fully saturated rings. The van der Waals surface area contributed by atoms with Crippen molar-refractivity contribution in [2.45, 2.75) is 26.4 Å². The summed E-state index contributed by atoms with van der Waals surface area (Å²) < 4.78 is 13.8. The van der Waals surface area contributed by atoms with E-state index in [0.717, 1.165) is 19.3 Å². The van der Waals surface area contributed by atoms with Gasteiger partial charge in [0, 0.05) is 12.2 Å². The summed E-state index contributed by atoms with van der Waals surface area (Å²) in [7, 11) is 1.15. The summed E-state index contributed by atoms with van der Waals surface area (Å²) in [5.41, 5.74) is -0.646. The van der Waals surface area contributed by atoms with Crippen molar-refractivity contribution in [3.63, 3.8) is 0 Å². The van der Waals surface area contributed by atoms with Gasteiger partial charge < -0.3 is 19.5 Å². The second-order valence-corrected chi connectivity index (χ2v) is 4.83. The number of amides is 1. The summed E-state index contributed by atoms with van der Waals surface area (Å²) in [6.07, 6.45) is 1.69. The lowest BCUT2D eigenvalue weighted by molar-refractivity contribution is -0.155. The molecule has 0 aliphatic heterocycles. The van der Waals surface area contributed by atoms with Crippen LogP contribution in [0.5, 0.6) is 0 Å². The van der Waals surface area contributed by atoms with Crippen LogP contribution in [0.1, 0.15) is 20.8 Å². The number of esters is 3. The first-order chi connectivity index (χ1) is 9.64. The van der Waals surface area contributed by atoms with E-state index in [1.807, 2.05) is 0 Å². The minimum Gasteiger partial charge on any atom is -0.466 e. The molecule has 0 aliphatic carbocycles. The Morgan fingerprint density at radius 1 is 1.05 bits per heavy atom. The predicted molar refractivity (Wildman–Crippen MR) is 71.0 cm³/mol. The van der Waals surface area contributed by atoms with Crippen molar-refractivity contribution in [1.82, 2.24) is 5.32 Å². The Morgan fingerprint density at radius 2 is 1.62 bits per heavy atom. The highest BCUT2D eigenvalue weighted by Crippen LogP contribution is 2.06. The summed E-state index contributed by atoms with van der Waals surface area (Å²) in [4.78, 5) is 44.4. The first-order valence-electron chi connectivity index (χ1n) is 6.05. The van der Waals surface area contributed by atoms with Gasteiger partial charge in [0.2, 0.25) is 0 Å². The van der Waals surface area contributed by atoms with E-state index in [9.17, 15) is 19.2 Å². The van der Waals surface area contributed by atoms with Crippen LogP contribution in [0.15, 0.2) is 12.2 Å². The van der Waals surface area contributed by atoms with Gasteiger partial charge in [0.25, 0.3) is 5.91 Å². The number of carbonyl (C=O) groups is 4. The molecule has 0 aromatic rings. The fourth-order valence-corrected chi connectivity index (χ4v) is 0.988. The van der Waals surface area contributed by atoms with E-state index in [0.29, 0.717) is 0 Å². The Hall–Kier alpha value is -2.38. The molecule has 21 heavy (non-hydrogen) atoms. The Bertz CT molecular complexity index is 434. The van der Waals surface area contributed by atoms with Gasteiger partial charge in [-0.3, -0.25) is 9.59 Å². The van der Waals surface area contributed by atoms with E-state index < -0.39 is 36.0 Å². The Labute approximate surface area is 122 Å². The maximum Gasteiger partial charge on any atom is 0.331 e. The normalized spacial score (nSPS) is 10.9. The highest BCUT2D eigenvalue weighted by atomic mass is 16.6.